The first-order valence-corrected chi connectivity index (χ1v) is 8.58. The molecule has 0 fully saturated rings. The van der Waals surface area contributed by atoms with Crippen LogP contribution in [-0.4, -0.2) is 29.7 Å². The van der Waals surface area contributed by atoms with Crippen LogP contribution < -0.4 is 0 Å². The smallest absolute Gasteiger partial charge is 0.159 e. The predicted octanol–water partition coefficient (Wildman–Crippen LogP) is 3.19. The summed E-state index contributed by atoms with van der Waals surface area (Å²) in [4.78, 5) is 18.0. The molecule has 4 heterocycles. The Morgan fingerprint density at radius 3 is 2.65 bits per heavy atom. The summed E-state index contributed by atoms with van der Waals surface area (Å²) >= 11 is 0. The van der Waals surface area contributed by atoms with Gasteiger partial charge in [-0.1, -0.05) is 6.07 Å². The molecule has 6 nitrogen and oxygen atoms in total. The van der Waals surface area contributed by atoms with E-state index < -0.39 is 0 Å². The van der Waals surface area contributed by atoms with E-state index in [-0.39, 0.29) is 0 Å². The molecule has 1 aliphatic carbocycles. The summed E-state index contributed by atoms with van der Waals surface area (Å²) in [6, 6.07) is 9.72. The first-order chi connectivity index (χ1) is 12.8. The molecule has 5 rings (SSSR count). The van der Waals surface area contributed by atoms with Crippen molar-refractivity contribution >= 4 is 0 Å². The molecule has 0 bridgehead atoms. The third-order valence-corrected chi connectivity index (χ3v) is 4.69. The van der Waals surface area contributed by atoms with Crippen LogP contribution in [0.4, 0.5) is 0 Å². The van der Waals surface area contributed by atoms with Gasteiger partial charge in [-0.3, -0.25) is 4.98 Å². The zero-order valence-corrected chi connectivity index (χ0v) is 14.3. The third-order valence-electron chi connectivity index (χ3n) is 4.69. The monoisotopic (exact) mass is 340 g/mol. The molecule has 1 aliphatic rings. The first-order valence-electron chi connectivity index (χ1n) is 8.58. The molecular formula is C20H16N6. The normalized spacial score (nSPS) is 12.5. The van der Waals surface area contributed by atoms with Crippen LogP contribution in [0.5, 0.6) is 0 Å². The van der Waals surface area contributed by atoms with Gasteiger partial charge in [0.1, 0.15) is 0 Å². The maximum Gasteiger partial charge on any atom is 0.159 e. The summed E-state index contributed by atoms with van der Waals surface area (Å²) in [7, 11) is 0. The van der Waals surface area contributed by atoms with Crippen molar-refractivity contribution in [2.24, 2.45) is 0 Å². The van der Waals surface area contributed by atoms with Crippen LogP contribution in [0.25, 0.3) is 28.5 Å². The number of hydrogen-bond donors (Lipinski definition) is 0. The molecule has 26 heavy (non-hydrogen) atoms. The number of nitrogens with zero attached hydrogens (tertiary/aromatic N) is 6. The summed E-state index contributed by atoms with van der Waals surface area (Å²) in [5.41, 5.74) is 6.34. The van der Waals surface area contributed by atoms with Gasteiger partial charge in [0.15, 0.2) is 11.6 Å². The fraction of sp³-hybridized carbons (Fsp3) is 0.150. The molecule has 4 aromatic heterocycles. The van der Waals surface area contributed by atoms with E-state index in [4.69, 9.17) is 10.1 Å². The number of rotatable bonds is 2. The first kappa shape index (κ1) is 14.9. The van der Waals surface area contributed by atoms with E-state index in [0.29, 0.717) is 5.82 Å². The predicted molar refractivity (Wildman–Crippen MR) is 97.8 cm³/mol. The highest BCUT2D eigenvalue weighted by Crippen LogP contribution is 2.36. The summed E-state index contributed by atoms with van der Waals surface area (Å²) < 4.78 is 1.95. The maximum absolute atomic E-state index is 4.88. The van der Waals surface area contributed by atoms with E-state index in [0.717, 1.165) is 46.9 Å². The van der Waals surface area contributed by atoms with Gasteiger partial charge in [0.2, 0.25) is 0 Å². The van der Waals surface area contributed by atoms with Gasteiger partial charge in [-0.25, -0.2) is 19.6 Å². The molecule has 0 radical (unpaired) electrons. The van der Waals surface area contributed by atoms with Crippen molar-refractivity contribution < 1.29 is 0 Å². The molecule has 0 saturated heterocycles. The average molecular weight is 340 g/mol. The molecule has 0 atom stereocenters. The minimum atomic E-state index is 0.712. The molecule has 0 saturated carbocycles. The Morgan fingerprint density at radius 2 is 1.85 bits per heavy atom. The minimum Gasteiger partial charge on any atom is -0.265 e. The van der Waals surface area contributed by atoms with Crippen molar-refractivity contribution in [1.82, 2.24) is 29.7 Å². The number of fused-ring (bicyclic) bond motifs is 3. The Hall–Kier alpha value is -3.41. The summed E-state index contributed by atoms with van der Waals surface area (Å²) in [6.07, 6.45) is 9.05. The van der Waals surface area contributed by atoms with Gasteiger partial charge in [0.25, 0.3) is 0 Å². The largest absolute Gasteiger partial charge is 0.265 e. The van der Waals surface area contributed by atoms with Gasteiger partial charge >= 0.3 is 0 Å². The van der Waals surface area contributed by atoms with Crippen LogP contribution in [0, 0.1) is 6.92 Å². The second-order valence-corrected chi connectivity index (χ2v) is 6.31. The topological polar surface area (TPSA) is 69.4 Å². The zero-order chi connectivity index (χ0) is 17.5. The van der Waals surface area contributed by atoms with Gasteiger partial charge in [0.05, 0.1) is 17.1 Å². The quantitative estimate of drug-likeness (QED) is 0.560. The van der Waals surface area contributed by atoms with E-state index in [1.807, 2.05) is 48.1 Å². The minimum absolute atomic E-state index is 0.712. The molecule has 0 amide bonds. The van der Waals surface area contributed by atoms with Crippen molar-refractivity contribution in [2.45, 2.75) is 19.8 Å². The Bertz CT molecular complexity index is 1090. The fourth-order valence-electron chi connectivity index (χ4n) is 3.48. The van der Waals surface area contributed by atoms with Crippen molar-refractivity contribution in [3.8, 4) is 28.5 Å². The van der Waals surface area contributed by atoms with Gasteiger partial charge in [-0.05, 0) is 49.6 Å². The lowest BCUT2D eigenvalue weighted by molar-refractivity contribution is 0.754. The van der Waals surface area contributed by atoms with Gasteiger partial charge in [-0.15, -0.1) is 0 Å². The van der Waals surface area contributed by atoms with Crippen molar-refractivity contribution in [3.05, 3.63) is 72.1 Å². The van der Waals surface area contributed by atoms with Gasteiger partial charge in [-0.2, -0.15) is 5.10 Å². The van der Waals surface area contributed by atoms with Gasteiger partial charge < -0.3 is 0 Å². The highest BCUT2D eigenvalue weighted by molar-refractivity contribution is 5.73. The van der Waals surface area contributed by atoms with Gasteiger partial charge in [0, 0.05) is 35.9 Å². The average Bonchev–Trinajstić information content (AvgIpc) is 3.06. The molecule has 6 heteroatoms. The van der Waals surface area contributed by atoms with Crippen LogP contribution in [0.15, 0.2) is 55.1 Å². The molecule has 0 aromatic carbocycles. The lowest BCUT2D eigenvalue weighted by Gasteiger charge is -2.17. The SMILES string of the molecule is Cc1nn(-c2ccccn2)c2c1-c1nc(-c3ccncc3)ncc1CC2. The summed E-state index contributed by atoms with van der Waals surface area (Å²) in [6.45, 7) is 2.03. The number of pyridine rings is 2. The third kappa shape index (κ3) is 2.30. The van der Waals surface area contributed by atoms with Crippen LogP contribution in [-0.2, 0) is 12.8 Å². The Labute approximate surface area is 150 Å². The van der Waals surface area contributed by atoms with E-state index in [1.165, 1.54) is 5.56 Å². The maximum atomic E-state index is 4.88. The van der Waals surface area contributed by atoms with E-state index in [9.17, 15) is 0 Å². The van der Waals surface area contributed by atoms with Crippen LogP contribution in [0.3, 0.4) is 0 Å². The molecule has 126 valence electrons. The lowest BCUT2D eigenvalue weighted by Crippen LogP contribution is -2.11. The number of hydrogen-bond acceptors (Lipinski definition) is 5. The summed E-state index contributed by atoms with van der Waals surface area (Å²) in [5.74, 6) is 1.55. The zero-order valence-electron chi connectivity index (χ0n) is 14.3. The lowest BCUT2D eigenvalue weighted by atomic mass is 9.93. The van der Waals surface area contributed by atoms with Crippen LogP contribution >= 0.6 is 0 Å². The molecule has 0 aliphatic heterocycles. The summed E-state index contributed by atoms with van der Waals surface area (Å²) in [5, 5.41) is 4.75. The molecule has 0 unspecified atom stereocenters. The molecule has 4 aromatic rings. The molecule has 0 spiro atoms. The van der Waals surface area contributed by atoms with Crippen LogP contribution in [0.2, 0.25) is 0 Å². The van der Waals surface area contributed by atoms with E-state index in [1.54, 1.807) is 18.6 Å². The van der Waals surface area contributed by atoms with Crippen molar-refractivity contribution in [3.63, 3.8) is 0 Å². The highest BCUT2D eigenvalue weighted by Gasteiger charge is 2.26. The van der Waals surface area contributed by atoms with E-state index in [2.05, 4.69) is 15.0 Å². The Balaban J connectivity index is 1.69. The van der Waals surface area contributed by atoms with Crippen molar-refractivity contribution in [1.29, 1.82) is 0 Å². The molecule has 0 N–H and O–H groups in total. The Morgan fingerprint density at radius 1 is 0.962 bits per heavy atom. The number of aryl methyl sites for hydroxylation is 2. The fourth-order valence-corrected chi connectivity index (χ4v) is 3.48. The molecular weight excluding hydrogens is 324 g/mol. The standard InChI is InChI=1S/C20H16N6/c1-13-18-16(26(25-13)17-4-2-3-9-22-17)6-5-15-12-23-20(24-19(15)18)14-7-10-21-11-8-14/h2-4,7-12H,5-6H2,1H3. The van der Waals surface area contributed by atoms with E-state index >= 15 is 0 Å². The second kappa shape index (κ2) is 5.84. The Kier molecular flexibility index (Phi) is 3.35. The second-order valence-electron chi connectivity index (χ2n) is 6.31. The van der Waals surface area contributed by atoms with Crippen molar-refractivity contribution in [2.75, 3.05) is 0 Å². The number of aromatic nitrogens is 6. The van der Waals surface area contributed by atoms with Crippen LogP contribution in [0.1, 0.15) is 17.0 Å². The highest BCUT2D eigenvalue weighted by atomic mass is 15.3.